The minimum atomic E-state index is -0.712. The van der Waals surface area contributed by atoms with Gasteiger partial charge in [-0.05, 0) is 60.6 Å². The minimum Gasteiger partial charge on any atom is -0.497 e. The van der Waals surface area contributed by atoms with Crippen molar-refractivity contribution in [3.8, 4) is 17.2 Å². The molecule has 0 fully saturated rings. The van der Waals surface area contributed by atoms with Crippen LogP contribution in [0.3, 0.4) is 0 Å². The molecular formula is C29H30BrNO6. The highest BCUT2D eigenvalue weighted by molar-refractivity contribution is 9.10. The van der Waals surface area contributed by atoms with Gasteiger partial charge in [0.2, 0.25) is 6.79 Å². The number of ether oxygens (including phenoxy) is 4. The van der Waals surface area contributed by atoms with E-state index in [1.165, 1.54) is 0 Å². The van der Waals surface area contributed by atoms with Crippen LogP contribution >= 0.6 is 15.9 Å². The van der Waals surface area contributed by atoms with Gasteiger partial charge in [-0.25, -0.2) is 0 Å². The van der Waals surface area contributed by atoms with Crippen molar-refractivity contribution in [3.05, 3.63) is 63.3 Å². The second-order valence-corrected chi connectivity index (χ2v) is 11.0. The number of benzene rings is 2. The first kappa shape index (κ1) is 25.5. The Morgan fingerprint density at radius 1 is 1.14 bits per heavy atom. The third-order valence-corrected chi connectivity index (χ3v) is 7.80. The molecule has 0 aromatic heterocycles. The number of ketones is 1. The Labute approximate surface area is 225 Å². The number of methoxy groups -OCH3 is 1. The highest BCUT2D eigenvalue weighted by Crippen LogP contribution is 2.50. The minimum absolute atomic E-state index is 0.000932. The SMILES string of the molecule is COc1ccc([C@@H]2CC(=O)C3=C(C2)N=C(C)C(C(=O)OCC(C)C)[C@H]3c2cc3c(cc2Br)OCO3)cc1. The van der Waals surface area contributed by atoms with Gasteiger partial charge in [0.05, 0.1) is 13.7 Å². The fourth-order valence-corrected chi connectivity index (χ4v) is 5.89. The number of carbonyl (C=O) groups is 2. The molecule has 0 amide bonds. The van der Waals surface area contributed by atoms with E-state index in [-0.39, 0.29) is 30.4 Å². The molecule has 1 unspecified atom stereocenters. The molecule has 8 heteroatoms. The van der Waals surface area contributed by atoms with Crippen molar-refractivity contribution in [2.75, 3.05) is 20.5 Å². The van der Waals surface area contributed by atoms with Gasteiger partial charge in [-0.15, -0.1) is 0 Å². The predicted molar refractivity (Wildman–Crippen MR) is 142 cm³/mol. The Morgan fingerprint density at radius 2 is 1.84 bits per heavy atom. The van der Waals surface area contributed by atoms with E-state index in [0.29, 0.717) is 42.2 Å². The standard InChI is InChI=1S/C29H30BrNO6/c1-15(2)13-35-29(33)26-16(3)31-22-9-18(17-5-7-19(34-4)8-6-17)10-23(32)28(22)27(26)20-11-24-25(12-21(20)30)37-14-36-24/h5-8,11-12,15,18,26-27H,9-10,13-14H2,1-4H3/t18-,26?,27+/m0/s1. The Bertz CT molecular complexity index is 1300. The van der Waals surface area contributed by atoms with Gasteiger partial charge in [0.1, 0.15) is 11.7 Å². The van der Waals surface area contributed by atoms with Crippen LogP contribution in [0.4, 0.5) is 0 Å². The van der Waals surface area contributed by atoms with Crippen LogP contribution in [0.1, 0.15) is 56.6 Å². The van der Waals surface area contributed by atoms with Gasteiger partial charge < -0.3 is 18.9 Å². The maximum atomic E-state index is 13.8. The second kappa shape index (κ2) is 10.3. The zero-order chi connectivity index (χ0) is 26.3. The molecule has 0 spiro atoms. The van der Waals surface area contributed by atoms with Crippen molar-refractivity contribution in [1.82, 2.24) is 0 Å². The molecule has 2 aromatic carbocycles. The molecule has 0 saturated carbocycles. The van der Waals surface area contributed by atoms with Gasteiger partial charge in [0.15, 0.2) is 17.3 Å². The highest BCUT2D eigenvalue weighted by atomic mass is 79.9. The highest BCUT2D eigenvalue weighted by Gasteiger charge is 2.46. The van der Waals surface area contributed by atoms with Crippen molar-refractivity contribution in [1.29, 1.82) is 0 Å². The summed E-state index contributed by atoms with van der Waals surface area (Å²) in [6.07, 6.45) is 0.948. The number of halogens is 1. The maximum Gasteiger partial charge on any atom is 0.315 e. The molecule has 3 atom stereocenters. The fourth-order valence-electron chi connectivity index (χ4n) is 5.32. The number of Topliss-reactive ketones (excluding diaryl/α,β-unsaturated/α-hetero) is 1. The number of hydrogen-bond acceptors (Lipinski definition) is 7. The number of carbonyl (C=O) groups excluding carboxylic acids is 2. The summed E-state index contributed by atoms with van der Waals surface area (Å²) in [5.41, 5.74) is 3.81. The molecule has 0 bridgehead atoms. The number of nitrogens with zero attached hydrogens (tertiary/aromatic N) is 1. The third-order valence-electron chi connectivity index (χ3n) is 7.12. The summed E-state index contributed by atoms with van der Waals surface area (Å²) in [5, 5.41) is 0. The van der Waals surface area contributed by atoms with E-state index in [0.717, 1.165) is 27.0 Å². The van der Waals surface area contributed by atoms with E-state index < -0.39 is 11.8 Å². The summed E-state index contributed by atoms with van der Waals surface area (Å²) in [4.78, 5) is 32.1. The monoisotopic (exact) mass is 567 g/mol. The lowest BCUT2D eigenvalue weighted by Crippen LogP contribution is -2.38. The molecule has 2 aliphatic heterocycles. The number of esters is 1. The second-order valence-electron chi connectivity index (χ2n) is 10.1. The summed E-state index contributed by atoms with van der Waals surface area (Å²) in [6.45, 7) is 6.27. The largest absolute Gasteiger partial charge is 0.497 e. The summed E-state index contributed by atoms with van der Waals surface area (Å²) in [5.74, 6) is 0.545. The molecular weight excluding hydrogens is 538 g/mol. The molecule has 2 heterocycles. The average molecular weight is 568 g/mol. The van der Waals surface area contributed by atoms with E-state index in [9.17, 15) is 9.59 Å². The van der Waals surface area contributed by atoms with Gasteiger partial charge >= 0.3 is 5.97 Å². The van der Waals surface area contributed by atoms with Crippen molar-refractivity contribution >= 4 is 33.4 Å². The summed E-state index contributed by atoms with van der Waals surface area (Å²) in [6, 6.07) is 11.5. The zero-order valence-electron chi connectivity index (χ0n) is 21.4. The van der Waals surface area contributed by atoms with Crippen LogP contribution in [0.25, 0.3) is 0 Å². The first-order valence-corrected chi connectivity index (χ1v) is 13.3. The van der Waals surface area contributed by atoms with Crippen LogP contribution in [0, 0.1) is 11.8 Å². The van der Waals surface area contributed by atoms with Gasteiger partial charge in [0.25, 0.3) is 0 Å². The molecule has 3 aliphatic rings. The van der Waals surface area contributed by atoms with Crippen molar-refractivity contribution in [3.63, 3.8) is 0 Å². The van der Waals surface area contributed by atoms with Gasteiger partial charge in [0, 0.05) is 33.8 Å². The lowest BCUT2D eigenvalue weighted by molar-refractivity contribution is -0.147. The normalized spacial score (nSPS) is 22.6. The van der Waals surface area contributed by atoms with Gasteiger partial charge in [-0.3, -0.25) is 14.6 Å². The average Bonchev–Trinajstić information content (AvgIpc) is 3.33. The molecule has 1 aliphatic carbocycles. The van der Waals surface area contributed by atoms with Gasteiger partial charge in [-0.2, -0.15) is 0 Å². The lowest BCUT2D eigenvalue weighted by Gasteiger charge is -2.37. The van der Waals surface area contributed by atoms with Crippen LogP contribution in [-0.2, 0) is 14.3 Å². The van der Waals surface area contributed by atoms with Crippen molar-refractivity contribution in [2.45, 2.75) is 45.4 Å². The van der Waals surface area contributed by atoms with Gasteiger partial charge in [-0.1, -0.05) is 41.9 Å². The molecule has 0 N–H and O–H groups in total. The molecule has 0 radical (unpaired) electrons. The lowest BCUT2D eigenvalue weighted by atomic mass is 9.69. The van der Waals surface area contributed by atoms with Crippen molar-refractivity contribution in [2.24, 2.45) is 16.8 Å². The zero-order valence-corrected chi connectivity index (χ0v) is 23.0. The molecule has 5 rings (SSSR count). The Kier molecular flexibility index (Phi) is 7.12. The molecule has 37 heavy (non-hydrogen) atoms. The topological polar surface area (TPSA) is 83.4 Å². The Hall–Kier alpha value is -3.13. The van der Waals surface area contributed by atoms with Crippen LogP contribution in [-0.4, -0.2) is 38.0 Å². The number of fused-ring (bicyclic) bond motifs is 1. The summed E-state index contributed by atoms with van der Waals surface area (Å²) >= 11 is 3.67. The molecule has 7 nitrogen and oxygen atoms in total. The van der Waals surface area contributed by atoms with E-state index in [1.807, 2.05) is 57.2 Å². The summed E-state index contributed by atoms with van der Waals surface area (Å²) < 4.78 is 22.9. The molecule has 0 saturated heterocycles. The van der Waals surface area contributed by atoms with Crippen LogP contribution in [0.5, 0.6) is 17.2 Å². The van der Waals surface area contributed by atoms with E-state index >= 15 is 0 Å². The third kappa shape index (κ3) is 4.91. The Morgan fingerprint density at radius 3 is 2.51 bits per heavy atom. The van der Waals surface area contributed by atoms with E-state index in [2.05, 4.69) is 15.9 Å². The van der Waals surface area contributed by atoms with Crippen molar-refractivity contribution < 1.29 is 28.5 Å². The molecule has 194 valence electrons. The van der Waals surface area contributed by atoms with E-state index in [4.69, 9.17) is 23.9 Å². The number of aliphatic imine (C=N–C) groups is 1. The smallest absolute Gasteiger partial charge is 0.315 e. The van der Waals surface area contributed by atoms with Crippen LogP contribution in [0.2, 0.25) is 0 Å². The number of rotatable bonds is 6. The van der Waals surface area contributed by atoms with E-state index in [1.54, 1.807) is 7.11 Å². The fraction of sp³-hybridized carbons (Fsp3) is 0.414. The number of hydrogen-bond donors (Lipinski definition) is 0. The van der Waals surface area contributed by atoms with Crippen LogP contribution < -0.4 is 14.2 Å². The quantitative estimate of drug-likeness (QED) is 0.400. The maximum absolute atomic E-state index is 13.8. The molecule has 2 aromatic rings. The predicted octanol–water partition coefficient (Wildman–Crippen LogP) is 5.96. The summed E-state index contributed by atoms with van der Waals surface area (Å²) in [7, 11) is 1.63. The first-order valence-electron chi connectivity index (χ1n) is 12.5. The first-order chi connectivity index (χ1) is 17.8. The Balaban J connectivity index is 1.58. The number of allylic oxidation sites excluding steroid dienone is 2. The van der Waals surface area contributed by atoms with Crippen LogP contribution in [0.15, 0.2) is 57.1 Å².